The molecule has 1 aliphatic rings. The number of hydrogen-bond acceptors (Lipinski definition) is 5. The van der Waals surface area contributed by atoms with Crippen LogP contribution in [0.2, 0.25) is 0 Å². The highest BCUT2D eigenvalue weighted by Crippen LogP contribution is 2.30. The highest BCUT2D eigenvalue weighted by Gasteiger charge is 2.21. The molecule has 1 amide bonds. The van der Waals surface area contributed by atoms with Gasteiger partial charge in [0.15, 0.2) is 11.5 Å². The fourth-order valence-corrected chi connectivity index (χ4v) is 1.93. The molecule has 1 aliphatic heterocycles. The average molecular weight is 280 g/mol. The maximum atomic E-state index is 11.7. The van der Waals surface area contributed by atoms with Gasteiger partial charge < -0.3 is 25.3 Å². The first kappa shape index (κ1) is 14.6. The molecule has 2 unspecified atom stereocenters. The van der Waals surface area contributed by atoms with Crippen molar-refractivity contribution in [3.8, 4) is 11.5 Å². The van der Waals surface area contributed by atoms with E-state index in [0.717, 1.165) is 5.75 Å². The van der Waals surface area contributed by atoms with Crippen molar-refractivity contribution in [2.24, 2.45) is 5.73 Å². The molecule has 2 rings (SSSR count). The van der Waals surface area contributed by atoms with Crippen LogP contribution in [0.25, 0.3) is 0 Å². The molecule has 0 fully saturated rings. The van der Waals surface area contributed by atoms with Crippen molar-refractivity contribution in [1.82, 2.24) is 5.32 Å². The van der Waals surface area contributed by atoms with E-state index < -0.39 is 0 Å². The van der Waals surface area contributed by atoms with Gasteiger partial charge in [-0.25, -0.2) is 0 Å². The second-order valence-corrected chi connectivity index (χ2v) is 4.60. The number of fused-ring (bicyclic) bond motifs is 1. The van der Waals surface area contributed by atoms with Crippen LogP contribution in [0.15, 0.2) is 24.3 Å². The Morgan fingerprint density at radius 2 is 2.25 bits per heavy atom. The Morgan fingerprint density at radius 1 is 1.50 bits per heavy atom. The van der Waals surface area contributed by atoms with Crippen LogP contribution >= 0.6 is 0 Å². The van der Waals surface area contributed by atoms with E-state index in [9.17, 15) is 4.79 Å². The van der Waals surface area contributed by atoms with Crippen molar-refractivity contribution in [2.45, 2.75) is 18.6 Å². The molecular weight excluding hydrogens is 260 g/mol. The number of para-hydroxylation sites is 2. The second kappa shape index (κ2) is 7.12. The molecule has 1 aromatic carbocycles. The molecule has 0 aromatic heterocycles. The molecule has 3 N–H and O–H groups in total. The summed E-state index contributed by atoms with van der Waals surface area (Å²) in [5, 5.41) is 2.80. The number of benzene rings is 1. The summed E-state index contributed by atoms with van der Waals surface area (Å²) in [5.74, 6) is 1.33. The predicted octanol–water partition coefficient (Wildman–Crippen LogP) is 0.306. The molecule has 0 radical (unpaired) electrons. The molecule has 1 aromatic rings. The Balaban J connectivity index is 1.77. The van der Waals surface area contributed by atoms with Gasteiger partial charge in [-0.1, -0.05) is 12.1 Å². The van der Waals surface area contributed by atoms with E-state index in [-0.39, 0.29) is 24.5 Å². The molecule has 0 bridgehead atoms. The number of nitrogens with one attached hydrogen (secondary N) is 1. The van der Waals surface area contributed by atoms with Gasteiger partial charge in [-0.3, -0.25) is 4.79 Å². The summed E-state index contributed by atoms with van der Waals surface area (Å²) in [4.78, 5) is 11.7. The van der Waals surface area contributed by atoms with E-state index in [1.807, 2.05) is 24.3 Å². The van der Waals surface area contributed by atoms with Gasteiger partial charge in [0.2, 0.25) is 5.91 Å². The van der Waals surface area contributed by atoms with E-state index in [0.29, 0.717) is 25.4 Å². The molecule has 110 valence electrons. The average Bonchev–Trinajstić information content (AvgIpc) is 2.50. The van der Waals surface area contributed by atoms with E-state index in [1.54, 1.807) is 7.11 Å². The molecule has 0 spiro atoms. The van der Waals surface area contributed by atoms with Crippen molar-refractivity contribution >= 4 is 5.91 Å². The van der Waals surface area contributed by atoms with Crippen molar-refractivity contribution in [1.29, 1.82) is 0 Å². The van der Waals surface area contributed by atoms with Crippen LogP contribution in [0.3, 0.4) is 0 Å². The van der Waals surface area contributed by atoms with Crippen LogP contribution in [0.1, 0.15) is 6.42 Å². The normalized spacial score (nSPS) is 18.4. The highest BCUT2D eigenvalue weighted by atomic mass is 16.6. The Labute approximate surface area is 118 Å². The minimum atomic E-state index is -0.251. The zero-order valence-electron chi connectivity index (χ0n) is 11.5. The van der Waals surface area contributed by atoms with Gasteiger partial charge >= 0.3 is 0 Å². The second-order valence-electron chi connectivity index (χ2n) is 4.60. The van der Waals surface area contributed by atoms with Gasteiger partial charge in [-0.2, -0.15) is 0 Å². The minimum absolute atomic E-state index is 0.107. The van der Waals surface area contributed by atoms with Gasteiger partial charge in [0.05, 0.1) is 19.1 Å². The number of amides is 1. The molecule has 20 heavy (non-hydrogen) atoms. The summed E-state index contributed by atoms with van der Waals surface area (Å²) >= 11 is 0. The Kier molecular flexibility index (Phi) is 5.20. The Bertz CT molecular complexity index is 449. The highest BCUT2D eigenvalue weighted by molar-refractivity contribution is 5.76. The number of ether oxygens (including phenoxy) is 3. The van der Waals surface area contributed by atoms with Crippen molar-refractivity contribution in [2.75, 3.05) is 26.8 Å². The number of methoxy groups -OCH3 is 1. The van der Waals surface area contributed by atoms with Gasteiger partial charge in [-0.05, 0) is 12.1 Å². The number of rotatable bonds is 6. The summed E-state index contributed by atoms with van der Waals surface area (Å²) in [7, 11) is 1.54. The first-order valence-electron chi connectivity index (χ1n) is 6.61. The summed E-state index contributed by atoms with van der Waals surface area (Å²) in [6.07, 6.45) is -0.191. The monoisotopic (exact) mass is 280 g/mol. The summed E-state index contributed by atoms with van der Waals surface area (Å²) in [6.45, 7) is 1.14. The quantitative estimate of drug-likeness (QED) is 0.783. The SMILES string of the molecule is COC(CN)CC(=O)NCC1COc2ccccc2O1. The lowest BCUT2D eigenvalue weighted by Gasteiger charge is -2.26. The summed E-state index contributed by atoms with van der Waals surface area (Å²) < 4.78 is 16.4. The summed E-state index contributed by atoms with van der Waals surface area (Å²) in [5.41, 5.74) is 5.47. The van der Waals surface area contributed by atoms with Gasteiger partial charge in [-0.15, -0.1) is 0 Å². The zero-order chi connectivity index (χ0) is 14.4. The van der Waals surface area contributed by atoms with Gasteiger partial charge in [0.1, 0.15) is 12.7 Å². The molecule has 0 aliphatic carbocycles. The maximum Gasteiger partial charge on any atom is 0.222 e. The number of carbonyl (C=O) groups is 1. The smallest absolute Gasteiger partial charge is 0.222 e. The summed E-state index contributed by atoms with van der Waals surface area (Å²) in [6, 6.07) is 7.48. The molecule has 6 nitrogen and oxygen atoms in total. The third-order valence-electron chi connectivity index (χ3n) is 3.10. The maximum absolute atomic E-state index is 11.7. The Hall–Kier alpha value is -1.79. The predicted molar refractivity (Wildman–Crippen MR) is 73.8 cm³/mol. The lowest BCUT2D eigenvalue weighted by atomic mass is 10.2. The van der Waals surface area contributed by atoms with E-state index >= 15 is 0 Å². The first-order chi connectivity index (χ1) is 9.72. The lowest BCUT2D eigenvalue weighted by Crippen LogP contribution is -2.42. The number of hydrogen-bond donors (Lipinski definition) is 2. The molecule has 0 saturated heterocycles. The minimum Gasteiger partial charge on any atom is -0.486 e. The van der Waals surface area contributed by atoms with Crippen LogP contribution in [0, 0.1) is 0 Å². The van der Waals surface area contributed by atoms with Gasteiger partial charge in [0.25, 0.3) is 0 Å². The topological polar surface area (TPSA) is 82.8 Å². The van der Waals surface area contributed by atoms with E-state index in [2.05, 4.69) is 5.32 Å². The van der Waals surface area contributed by atoms with Crippen LogP contribution < -0.4 is 20.5 Å². The number of carbonyl (C=O) groups excluding carboxylic acids is 1. The van der Waals surface area contributed by atoms with E-state index in [1.165, 1.54) is 0 Å². The number of nitrogens with two attached hydrogens (primary N) is 1. The first-order valence-corrected chi connectivity index (χ1v) is 6.61. The molecule has 1 heterocycles. The van der Waals surface area contributed by atoms with Crippen LogP contribution in [0.5, 0.6) is 11.5 Å². The zero-order valence-corrected chi connectivity index (χ0v) is 11.5. The third kappa shape index (κ3) is 3.85. The van der Waals surface area contributed by atoms with Crippen LogP contribution in [-0.4, -0.2) is 44.9 Å². The fourth-order valence-electron chi connectivity index (χ4n) is 1.93. The Morgan fingerprint density at radius 3 is 2.95 bits per heavy atom. The van der Waals surface area contributed by atoms with Crippen LogP contribution in [-0.2, 0) is 9.53 Å². The van der Waals surface area contributed by atoms with Crippen molar-refractivity contribution in [3.63, 3.8) is 0 Å². The van der Waals surface area contributed by atoms with Crippen LogP contribution in [0.4, 0.5) is 0 Å². The molecule has 0 saturated carbocycles. The molecule has 2 atom stereocenters. The standard InChI is InChI=1S/C14H20N2O4/c1-18-10(7-15)6-14(17)16-8-11-9-19-12-4-2-3-5-13(12)20-11/h2-5,10-11H,6-9,15H2,1H3,(H,16,17). The largest absolute Gasteiger partial charge is 0.486 e. The fraction of sp³-hybridized carbons (Fsp3) is 0.500. The lowest BCUT2D eigenvalue weighted by molar-refractivity contribution is -0.123. The van der Waals surface area contributed by atoms with Crippen molar-refractivity contribution < 1.29 is 19.0 Å². The van der Waals surface area contributed by atoms with Crippen molar-refractivity contribution in [3.05, 3.63) is 24.3 Å². The van der Waals surface area contributed by atoms with Gasteiger partial charge in [0, 0.05) is 13.7 Å². The third-order valence-corrected chi connectivity index (χ3v) is 3.10. The van der Waals surface area contributed by atoms with E-state index in [4.69, 9.17) is 19.9 Å². The molecular formula is C14H20N2O4. The molecule has 6 heteroatoms.